The Balaban J connectivity index is 1.29. The topological polar surface area (TPSA) is 105 Å². The predicted octanol–water partition coefficient (Wildman–Crippen LogP) is 3.73. The smallest absolute Gasteiger partial charge is 0.407 e. The van der Waals surface area contributed by atoms with Gasteiger partial charge in [0, 0.05) is 23.7 Å². The first-order chi connectivity index (χ1) is 15.5. The number of hydrogen-bond donors (Lipinski definition) is 4. The van der Waals surface area contributed by atoms with Gasteiger partial charge >= 0.3 is 6.09 Å². The molecule has 0 heterocycles. The second-order valence-corrected chi connectivity index (χ2v) is 7.83. The van der Waals surface area contributed by atoms with Gasteiger partial charge in [0.15, 0.2) is 0 Å². The van der Waals surface area contributed by atoms with Crippen molar-refractivity contribution in [2.24, 2.45) is 0 Å². The highest BCUT2D eigenvalue weighted by atomic mass is 19.1. The van der Waals surface area contributed by atoms with Crippen molar-refractivity contribution in [2.75, 3.05) is 18.9 Å². The number of aliphatic hydroxyl groups excluding tert-OH is 2. The highest BCUT2D eigenvalue weighted by Crippen LogP contribution is 2.44. The Hall–Kier alpha value is -3.42. The average Bonchev–Trinajstić information content (AvgIpc) is 3.11. The molecule has 3 aromatic rings. The second-order valence-electron chi connectivity index (χ2n) is 7.83. The van der Waals surface area contributed by atoms with Crippen LogP contribution in [0.15, 0.2) is 66.7 Å². The van der Waals surface area contributed by atoms with E-state index in [1.807, 2.05) is 36.4 Å². The molecule has 0 saturated heterocycles. The first-order valence-corrected chi connectivity index (χ1v) is 10.5. The van der Waals surface area contributed by atoms with Crippen molar-refractivity contribution < 1.29 is 24.1 Å². The number of amides is 1. The van der Waals surface area contributed by atoms with E-state index in [-0.39, 0.29) is 36.7 Å². The Kier molecular flexibility index (Phi) is 6.39. The first kappa shape index (κ1) is 21.8. The van der Waals surface area contributed by atoms with Crippen LogP contribution < -0.4 is 11.1 Å². The third-order valence-corrected chi connectivity index (χ3v) is 5.79. The van der Waals surface area contributed by atoms with Crippen LogP contribution in [0.5, 0.6) is 0 Å². The number of aliphatic hydroxyl groups is 2. The van der Waals surface area contributed by atoms with E-state index >= 15 is 0 Å². The average molecular weight is 436 g/mol. The zero-order valence-corrected chi connectivity index (χ0v) is 17.4. The Labute approximate surface area is 185 Å². The molecule has 32 heavy (non-hydrogen) atoms. The number of carbonyl (C=O) groups excluding carboxylic acids is 1. The van der Waals surface area contributed by atoms with Gasteiger partial charge in [-0.25, -0.2) is 9.18 Å². The number of benzene rings is 3. The van der Waals surface area contributed by atoms with Gasteiger partial charge in [-0.15, -0.1) is 0 Å². The summed E-state index contributed by atoms with van der Waals surface area (Å²) in [6, 6.07) is 19.7. The highest BCUT2D eigenvalue weighted by Gasteiger charge is 2.29. The number of nitrogens with two attached hydrogens (primary N) is 1. The largest absolute Gasteiger partial charge is 0.449 e. The maximum Gasteiger partial charge on any atom is 0.407 e. The summed E-state index contributed by atoms with van der Waals surface area (Å²) < 4.78 is 18.6. The van der Waals surface area contributed by atoms with E-state index in [9.17, 15) is 19.4 Å². The molecule has 4 rings (SSSR count). The number of fused-ring (bicyclic) bond motifs is 3. The molecule has 0 fully saturated rings. The maximum absolute atomic E-state index is 13.2. The molecule has 0 aliphatic heterocycles. The molecular formula is C25H25FN2O4. The van der Waals surface area contributed by atoms with Crippen molar-refractivity contribution >= 4 is 11.8 Å². The fourth-order valence-electron chi connectivity index (χ4n) is 4.15. The van der Waals surface area contributed by atoms with Gasteiger partial charge in [0.25, 0.3) is 0 Å². The molecule has 0 bridgehead atoms. The van der Waals surface area contributed by atoms with Gasteiger partial charge in [-0.1, -0.05) is 54.6 Å². The van der Waals surface area contributed by atoms with Gasteiger partial charge in [0.05, 0.1) is 6.10 Å². The van der Waals surface area contributed by atoms with Crippen LogP contribution in [-0.4, -0.2) is 35.6 Å². The molecule has 0 aromatic heterocycles. The number of alkyl carbamates (subject to hydrolysis) is 1. The lowest BCUT2D eigenvalue weighted by atomic mass is 9.98. The number of hydrogen-bond acceptors (Lipinski definition) is 5. The van der Waals surface area contributed by atoms with Crippen molar-refractivity contribution in [3.63, 3.8) is 0 Å². The van der Waals surface area contributed by atoms with Crippen molar-refractivity contribution in [1.82, 2.24) is 5.32 Å². The number of nitrogen functional groups attached to an aromatic ring is 1. The maximum atomic E-state index is 13.2. The van der Waals surface area contributed by atoms with E-state index in [4.69, 9.17) is 10.5 Å². The number of ether oxygens (including phenoxy) is 1. The number of nitrogens with one attached hydrogen (secondary N) is 1. The van der Waals surface area contributed by atoms with Gasteiger partial charge in [0.1, 0.15) is 18.5 Å². The Morgan fingerprint density at radius 2 is 1.66 bits per heavy atom. The fourth-order valence-corrected chi connectivity index (χ4v) is 4.15. The quantitative estimate of drug-likeness (QED) is 0.423. The summed E-state index contributed by atoms with van der Waals surface area (Å²) in [6.07, 6.45) is -3.01. The van der Waals surface area contributed by atoms with E-state index in [2.05, 4.69) is 17.4 Å². The molecule has 1 aliphatic carbocycles. The summed E-state index contributed by atoms with van der Waals surface area (Å²) in [6.45, 7) is 0.285. The zero-order valence-electron chi connectivity index (χ0n) is 17.4. The Morgan fingerprint density at radius 3 is 2.28 bits per heavy atom. The fraction of sp³-hybridized carbons (Fsp3) is 0.240. The molecule has 2 unspecified atom stereocenters. The third kappa shape index (κ3) is 4.44. The number of rotatable bonds is 7. The minimum absolute atomic E-state index is 0.0398. The SMILES string of the molecule is Nc1cc(F)ccc1C(O)C(O)CCNC(=O)OCC1c2ccccc2-c2ccccc21. The summed E-state index contributed by atoms with van der Waals surface area (Å²) >= 11 is 0. The minimum atomic E-state index is -1.29. The first-order valence-electron chi connectivity index (χ1n) is 10.5. The molecule has 0 radical (unpaired) electrons. The van der Waals surface area contributed by atoms with Gasteiger partial charge in [-0.3, -0.25) is 0 Å². The van der Waals surface area contributed by atoms with E-state index in [0.717, 1.165) is 34.4 Å². The van der Waals surface area contributed by atoms with Crippen molar-refractivity contribution in [1.29, 1.82) is 0 Å². The van der Waals surface area contributed by atoms with Crippen LogP contribution in [-0.2, 0) is 4.74 Å². The molecule has 166 valence electrons. The second kappa shape index (κ2) is 9.38. The van der Waals surface area contributed by atoms with Crippen LogP contribution in [0.2, 0.25) is 0 Å². The van der Waals surface area contributed by atoms with Gasteiger partial charge in [0.2, 0.25) is 0 Å². The molecule has 0 saturated carbocycles. The summed E-state index contributed by atoms with van der Waals surface area (Å²) in [5, 5.41) is 23.1. The van der Waals surface area contributed by atoms with Crippen LogP contribution in [0.3, 0.4) is 0 Å². The van der Waals surface area contributed by atoms with E-state index in [1.54, 1.807) is 0 Å². The number of anilines is 1. The molecule has 5 N–H and O–H groups in total. The number of halogens is 1. The molecular weight excluding hydrogens is 411 g/mol. The lowest BCUT2D eigenvalue weighted by molar-refractivity contribution is 0.0140. The molecule has 1 amide bonds. The van der Waals surface area contributed by atoms with Gasteiger partial charge in [-0.05, 0) is 40.8 Å². The summed E-state index contributed by atoms with van der Waals surface area (Å²) in [5.41, 5.74) is 10.5. The van der Waals surface area contributed by atoms with Gasteiger partial charge in [-0.2, -0.15) is 0 Å². The lowest BCUT2D eigenvalue weighted by Gasteiger charge is -2.20. The monoisotopic (exact) mass is 436 g/mol. The predicted molar refractivity (Wildman–Crippen MR) is 119 cm³/mol. The standard InChI is InChI=1S/C25H25FN2O4/c26-15-9-10-20(22(27)13-15)24(30)23(29)11-12-28-25(31)32-14-21-18-7-3-1-5-16(18)17-6-2-4-8-19(17)21/h1-10,13,21,23-24,29-30H,11-12,14,27H2,(H,28,31). The third-order valence-electron chi connectivity index (χ3n) is 5.79. The zero-order chi connectivity index (χ0) is 22.7. The molecule has 7 heteroatoms. The molecule has 1 aliphatic rings. The molecule has 6 nitrogen and oxygen atoms in total. The van der Waals surface area contributed by atoms with Crippen LogP contribution in [0.1, 0.15) is 35.1 Å². The van der Waals surface area contributed by atoms with Crippen LogP contribution in [0.4, 0.5) is 14.9 Å². The summed E-state index contributed by atoms with van der Waals surface area (Å²) in [4.78, 5) is 12.2. The van der Waals surface area contributed by atoms with Crippen LogP contribution in [0.25, 0.3) is 11.1 Å². The van der Waals surface area contributed by atoms with Crippen molar-refractivity contribution in [2.45, 2.75) is 24.5 Å². The van der Waals surface area contributed by atoms with Gasteiger partial charge < -0.3 is 26.0 Å². The number of carbonyl (C=O) groups is 1. The molecule has 3 aromatic carbocycles. The summed E-state index contributed by atoms with van der Waals surface area (Å²) in [5.74, 6) is -0.563. The summed E-state index contributed by atoms with van der Waals surface area (Å²) in [7, 11) is 0. The molecule has 0 spiro atoms. The van der Waals surface area contributed by atoms with E-state index in [1.165, 1.54) is 6.07 Å². The van der Waals surface area contributed by atoms with Crippen molar-refractivity contribution in [3.8, 4) is 11.1 Å². The van der Waals surface area contributed by atoms with E-state index in [0.29, 0.717) is 0 Å². The normalized spacial score (nSPS) is 14.3. The van der Waals surface area contributed by atoms with Crippen LogP contribution >= 0.6 is 0 Å². The highest BCUT2D eigenvalue weighted by molar-refractivity contribution is 5.79. The Morgan fingerprint density at radius 1 is 1.03 bits per heavy atom. The van der Waals surface area contributed by atoms with E-state index < -0.39 is 24.1 Å². The Bertz CT molecular complexity index is 1080. The van der Waals surface area contributed by atoms with Crippen molar-refractivity contribution in [3.05, 3.63) is 89.2 Å². The van der Waals surface area contributed by atoms with Crippen LogP contribution in [0, 0.1) is 5.82 Å². The molecule has 2 atom stereocenters. The lowest BCUT2D eigenvalue weighted by Crippen LogP contribution is -2.30. The minimum Gasteiger partial charge on any atom is -0.449 e.